The highest BCUT2D eigenvalue weighted by atomic mass is 32.1. The van der Waals surface area contributed by atoms with Crippen LogP contribution in [0, 0.1) is 0 Å². The number of rotatable bonds is 14. The lowest BCUT2D eigenvalue weighted by molar-refractivity contribution is 0.0519. The van der Waals surface area contributed by atoms with E-state index in [1.54, 1.807) is 18.2 Å². The van der Waals surface area contributed by atoms with Crippen molar-refractivity contribution in [2.24, 2.45) is 0 Å². The van der Waals surface area contributed by atoms with Gasteiger partial charge in [0.05, 0.1) is 18.2 Å². The minimum Gasteiger partial charge on any atom is -0.465 e. The van der Waals surface area contributed by atoms with Gasteiger partial charge in [0, 0.05) is 41.8 Å². The van der Waals surface area contributed by atoms with E-state index >= 15 is 0 Å². The number of aryl methyl sites for hydroxylation is 3. The smallest absolute Gasteiger partial charge is 0.407 e. The number of esters is 1. The zero-order valence-corrected chi connectivity index (χ0v) is 32.4. The topological polar surface area (TPSA) is 126 Å². The highest BCUT2D eigenvalue weighted by Gasteiger charge is 2.30. The molecule has 0 unspecified atom stereocenters. The molecule has 1 heterocycles. The fraction of sp³-hybridized carbons (Fsp3) is 0.395. The number of hydrogen-bond donors (Lipinski definition) is 3. The van der Waals surface area contributed by atoms with Crippen LogP contribution in [-0.4, -0.2) is 60.6 Å². The Morgan fingerprint density at radius 1 is 0.815 bits per heavy atom. The van der Waals surface area contributed by atoms with Crippen LogP contribution in [0.2, 0.25) is 0 Å². The molecule has 3 amide bonds. The third-order valence-corrected chi connectivity index (χ3v) is 10.8. The van der Waals surface area contributed by atoms with Gasteiger partial charge in [-0.25, -0.2) is 9.59 Å². The highest BCUT2D eigenvalue weighted by Crippen LogP contribution is 2.39. The maximum absolute atomic E-state index is 13.9. The molecule has 6 rings (SSSR count). The number of ether oxygens (including phenoxy) is 2. The van der Waals surface area contributed by atoms with Crippen LogP contribution in [0.15, 0.2) is 72.8 Å². The average molecular weight is 751 g/mol. The maximum Gasteiger partial charge on any atom is 0.407 e. The predicted octanol–water partition coefficient (Wildman–Crippen LogP) is 8.19. The molecule has 0 aliphatic heterocycles. The molecule has 1 saturated carbocycles. The fourth-order valence-corrected chi connectivity index (χ4v) is 8.01. The summed E-state index contributed by atoms with van der Waals surface area (Å²) in [4.78, 5) is 55.0. The average Bonchev–Trinajstić information content (AvgIpc) is 3.94. The maximum atomic E-state index is 13.9. The second kappa shape index (κ2) is 17.4. The Morgan fingerprint density at radius 2 is 1.50 bits per heavy atom. The van der Waals surface area contributed by atoms with Crippen molar-refractivity contribution in [3.63, 3.8) is 0 Å². The van der Waals surface area contributed by atoms with E-state index in [0.29, 0.717) is 53.1 Å². The number of thiophene rings is 1. The van der Waals surface area contributed by atoms with Crippen molar-refractivity contribution >= 4 is 45.9 Å². The van der Waals surface area contributed by atoms with E-state index < -0.39 is 11.7 Å². The SMILES string of the molecule is COC(=O)c1ccc(CCc2ccc(NC(=O)c3c(NC(=O)c4cccc(CN(CCNC(=O)OC(C)(C)C)C5CC5)c4)sc4c3CCCC4)cc2)cc1. The summed E-state index contributed by atoms with van der Waals surface area (Å²) in [6.07, 6.45) is 7.19. The zero-order chi connectivity index (χ0) is 38.2. The molecule has 1 aromatic heterocycles. The Morgan fingerprint density at radius 3 is 2.17 bits per heavy atom. The van der Waals surface area contributed by atoms with Gasteiger partial charge >= 0.3 is 12.1 Å². The normalized spacial score (nSPS) is 13.9. The molecule has 0 atom stereocenters. The summed E-state index contributed by atoms with van der Waals surface area (Å²) in [6, 6.07) is 23.4. The summed E-state index contributed by atoms with van der Waals surface area (Å²) < 4.78 is 10.2. The van der Waals surface area contributed by atoms with Crippen molar-refractivity contribution in [3.8, 4) is 0 Å². The van der Waals surface area contributed by atoms with Crippen molar-refractivity contribution in [1.29, 1.82) is 0 Å². The van der Waals surface area contributed by atoms with E-state index in [2.05, 4.69) is 20.9 Å². The first-order valence-electron chi connectivity index (χ1n) is 18.8. The standard InChI is InChI=1S/C43H50N4O6S/c1-43(2,3)53-42(51)44-24-25-47(34-22-23-34)27-30-8-7-9-32(26-30)38(48)46-40-37(35-10-5-6-11-36(35)54-40)39(49)45-33-20-16-29(17-21-33)13-12-28-14-18-31(19-15-28)41(50)52-4/h7-9,14-21,26,34H,5-6,10-13,22-25,27H2,1-4H3,(H,44,51)(H,45,49)(H,46,48). The number of alkyl carbamates (subject to hydrolysis) is 1. The quantitative estimate of drug-likeness (QED) is 0.111. The van der Waals surface area contributed by atoms with E-state index in [4.69, 9.17) is 9.47 Å². The first-order chi connectivity index (χ1) is 26.0. The van der Waals surface area contributed by atoms with E-state index in [0.717, 1.165) is 78.5 Å². The number of amides is 3. The van der Waals surface area contributed by atoms with Gasteiger partial charge in [-0.2, -0.15) is 0 Å². The van der Waals surface area contributed by atoms with E-state index in [1.807, 2.05) is 75.4 Å². The van der Waals surface area contributed by atoms with E-state index in [-0.39, 0.29) is 17.8 Å². The number of methoxy groups -OCH3 is 1. The van der Waals surface area contributed by atoms with E-state index in [9.17, 15) is 19.2 Å². The molecule has 3 N–H and O–H groups in total. The number of carbonyl (C=O) groups is 4. The first kappa shape index (κ1) is 38.7. The zero-order valence-electron chi connectivity index (χ0n) is 31.6. The number of anilines is 2. The van der Waals surface area contributed by atoms with Gasteiger partial charge in [0.25, 0.3) is 11.8 Å². The lowest BCUT2D eigenvalue weighted by atomic mass is 9.95. The van der Waals surface area contributed by atoms with Crippen molar-refractivity contribution in [2.75, 3.05) is 30.8 Å². The van der Waals surface area contributed by atoms with Gasteiger partial charge in [-0.1, -0.05) is 36.4 Å². The summed E-state index contributed by atoms with van der Waals surface area (Å²) in [5.74, 6) is -0.826. The predicted molar refractivity (Wildman–Crippen MR) is 213 cm³/mol. The summed E-state index contributed by atoms with van der Waals surface area (Å²) in [5, 5.41) is 9.63. The number of nitrogens with one attached hydrogen (secondary N) is 3. The molecular formula is C43H50N4O6S. The molecule has 54 heavy (non-hydrogen) atoms. The van der Waals surface area contributed by atoms with Crippen LogP contribution in [0.25, 0.3) is 0 Å². The van der Waals surface area contributed by atoms with Gasteiger partial charge < -0.3 is 25.4 Å². The second-order valence-corrected chi connectivity index (χ2v) is 16.1. The van der Waals surface area contributed by atoms with Crippen LogP contribution in [0.3, 0.4) is 0 Å². The Labute approximate surface area is 321 Å². The molecule has 11 heteroatoms. The lowest BCUT2D eigenvalue weighted by Gasteiger charge is -2.24. The third kappa shape index (κ3) is 10.6. The van der Waals surface area contributed by atoms with E-state index in [1.165, 1.54) is 18.4 Å². The summed E-state index contributed by atoms with van der Waals surface area (Å²) in [7, 11) is 1.37. The first-order valence-corrected chi connectivity index (χ1v) is 19.6. The Balaban J connectivity index is 1.08. The fourth-order valence-electron chi connectivity index (χ4n) is 6.72. The molecule has 2 aliphatic rings. The Bertz CT molecular complexity index is 1960. The van der Waals surface area contributed by atoms with Crippen molar-refractivity contribution < 1.29 is 28.7 Å². The number of nitrogens with zero attached hydrogens (tertiary/aromatic N) is 1. The number of carbonyl (C=O) groups excluding carboxylic acids is 4. The van der Waals surface area contributed by atoms with Crippen LogP contribution in [0.5, 0.6) is 0 Å². The van der Waals surface area contributed by atoms with Gasteiger partial charge in [0.1, 0.15) is 10.6 Å². The molecule has 0 bridgehead atoms. The van der Waals surface area contributed by atoms with Gasteiger partial charge in [-0.15, -0.1) is 11.3 Å². The van der Waals surface area contributed by atoms with Crippen LogP contribution in [0.4, 0.5) is 15.5 Å². The molecular weight excluding hydrogens is 701 g/mol. The molecule has 0 spiro atoms. The summed E-state index contributed by atoms with van der Waals surface area (Å²) in [5.41, 5.74) is 6.04. The minimum atomic E-state index is -0.549. The summed E-state index contributed by atoms with van der Waals surface area (Å²) >= 11 is 1.50. The molecule has 10 nitrogen and oxygen atoms in total. The largest absolute Gasteiger partial charge is 0.465 e. The monoisotopic (exact) mass is 750 g/mol. The van der Waals surface area contributed by atoms with Gasteiger partial charge in [-0.05, 0) is 131 Å². The second-order valence-electron chi connectivity index (χ2n) is 15.0. The van der Waals surface area contributed by atoms with Crippen LogP contribution in [0.1, 0.15) is 105 Å². The van der Waals surface area contributed by atoms with Gasteiger partial charge in [0.2, 0.25) is 0 Å². The highest BCUT2D eigenvalue weighted by molar-refractivity contribution is 7.17. The summed E-state index contributed by atoms with van der Waals surface area (Å²) in [6.45, 7) is 7.34. The number of fused-ring (bicyclic) bond motifs is 1. The van der Waals surface area contributed by atoms with Crippen molar-refractivity contribution in [1.82, 2.24) is 10.2 Å². The number of benzene rings is 3. The molecule has 284 valence electrons. The minimum absolute atomic E-state index is 0.225. The van der Waals surface area contributed by atoms with Crippen LogP contribution in [-0.2, 0) is 41.7 Å². The van der Waals surface area contributed by atoms with Crippen LogP contribution < -0.4 is 16.0 Å². The van der Waals surface area contributed by atoms with Gasteiger partial charge in [-0.3, -0.25) is 14.5 Å². The molecule has 3 aromatic carbocycles. The van der Waals surface area contributed by atoms with Crippen molar-refractivity contribution in [2.45, 2.75) is 90.3 Å². The molecule has 0 radical (unpaired) electrons. The molecule has 4 aromatic rings. The van der Waals surface area contributed by atoms with Crippen LogP contribution >= 0.6 is 11.3 Å². The third-order valence-electron chi connectivity index (χ3n) is 9.62. The molecule has 0 saturated heterocycles. The van der Waals surface area contributed by atoms with Crippen molar-refractivity contribution in [3.05, 3.63) is 117 Å². The Kier molecular flexibility index (Phi) is 12.5. The Hall–Kier alpha value is -5.00. The lowest BCUT2D eigenvalue weighted by Crippen LogP contribution is -2.38. The number of hydrogen-bond acceptors (Lipinski definition) is 8. The molecule has 1 fully saturated rings. The molecule has 2 aliphatic carbocycles. The van der Waals surface area contributed by atoms with Gasteiger partial charge in [0.15, 0.2) is 0 Å².